The second-order valence-corrected chi connectivity index (χ2v) is 5.04. The van der Waals surface area contributed by atoms with E-state index in [2.05, 4.69) is 15.7 Å². The van der Waals surface area contributed by atoms with E-state index >= 15 is 0 Å². The van der Waals surface area contributed by atoms with Gasteiger partial charge in [-0.25, -0.2) is 0 Å². The average molecular weight is 233 g/mol. The maximum atomic E-state index is 12.0. The molecule has 0 unspecified atom stereocenters. The van der Waals surface area contributed by atoms with Gasteiger partial charge in [-0.1, -0.05) is 0 Å². The van der Waals surface area contributed by atoms with Gasteiger partial charge in [-0.05, 0) is 23.6 Å². The molecule has 0 spiro atoms. The van der Waals surface area contributed by atoms with Crippen molar-refractivity contribution in [1.29, 1.82) is 0 Å². The molecule has 3 heterocycles. The van der Waals surface area contributed by atoms with Gasteiger partial charge in [0.1, 0.15) is 0 Å². The van der Waals surface area contributed by atoms with Crippen molar-refractivity contribution in [2.75, 3.05) is 0 Å². The van der Waals surface area contributed by atoms with Crippen molar-refractivity contribution in [2.24, 2.45) is 0 Å². The molecular formula is C11H7NOS2. The lowest BCUT2D eigenvalue weighted by atomic mass is 10.2. The van der Waals surface area contributed by atoms with Crippen LogP contribution in [0.1, 0.15) is 15.4 Å². The van der Waals surface area contributed by atoms with Crippen LogP contribution < -0.4 is 0 Å². The highest BCUT2D eigenvalue weighted by atomic mass is 32.1. The number of carbonyl (C=O) groups excluding carboxylic acids is 1. The quantitative estimate of drug-likeness (QED) is 0.675. The predicted octanol–water partition coefficient (Wildman–Crippen LogP) is 3.52. The van der Waals surface area contributed by atoms with Crippen LogP contribution in [0.4, 0.5) is 0 Å². The van der Waals surface area contributed by atoms with Crippen LogP contribution in [0.2, 0.25) is 0 Å². The lowest BCUT2D eigenvalue weighted by Gasteiger charge is -1.91. The zero-order valence-corrected chi connectivity index (χ0v) is 9.32. The third-order valence-electron chi connectivity index (χ3n) is 2.23. The van der Waals surface area contributed by atoms with Gasteiger partial charge in [0.25, 0.3) is 0 Å². The second-order valence-electron chi connectivity index (χ2n) is 3.21. The molecule has 0 radical (unpaired) electrons. The van der Waals surface area contributed by atoms with Crippen LogP contribution in [0.3, 0.4) is 0 Å². The summed E-state index contributed by atoms with van der Waals surface area (Å²) in [6.07, 6.45) is 1.77. The van der Waals surface area contributed by atoms with E-state index < -0.39 is 0 Å². The molecule has 0 fully saturated rings. The second kappa shape index (κ2) is 3.32. The van der Waals surface area contributed by atoms with Crippen LogP contribution in [0.5, 0.6) is 0 Å². The van der Waals surface area contributed by atoms with Gasteiger partial charge < -0.3 is 4.98 Å². The summed E-state index contributed by atoms with van der Waals surface area (Å²) in [5, 5.41) is 5.31. The van der Waals surface area contributed by atoms with E-state index in [4.69, 9.17) is 0 Å². The summed E-state index contributed by atoms with van der Waals surface area (Å²) >= 11 is 3.22. The number of hydrogen-bond acceptors (Lipinski definition) is 3. The number of aromatic nitrogens is 1. The van der Waals surface area contributed by atoms with E-state index in [-0.39, 0.29) is 5.78 Å². The standard InChI is InChI=1S/C11H7NOS2/c13-11(8-2-1-3-12-8)9-4-7-5-14-6-10(7)15-9/h1-6,12H. The first kappa shape index (κ1) is 8.88. The van der Waals surface area contributed by atoms with Gasteiger partial charge in [-0.3, -0.25) is 4.79 Å². The third kappa shape index (κ3) is 1.42. The molecule has 3 rings (SSSR count). The highest BCUT2D eigenvalue weighted by Gasteiger charge is 2.13. The molecule has 0 saturated heterocycles. The van der Waals surface area contributed by atoms with Crippen molar-refractivity contribution in [3.63, 3.8) is 0 Å². The Kier molecular flexibility index (Phi) is 1.97. The zero-order valence-electron chi connectivity index (χ0n) is 7.69. The molecule has 0 aliphatic heterocycles. The Morgan fingerprint density at radius 3 is 3.00 bits per heavy atom. The fraction of sp³-hybridized carbons (Fsp3) is 0. The molecule has 3 aromatic heterocycles. The number of rotatable bonds is 2. The fourth-order valence-corrected chi connectivity index (χ4v) is 3.45. The van der Waals surface area contributed by atoms with Crippen molar-refractivity contribution < 1.29 is 4.79 Å². The first-order chi connectivity index (χ1) is 7.34. The molecule has 2 nitrogen and oxygen atoms in total. The number of thiophene rings is 2. The molecule has 4 heteroatoms. The van der Waals surface area contributed by atoms with E-state index in [0.29, 0.717) is 5.69 Å². The van der Waals surface area contributed by atoms with E-state index in [1.54, 1.807) is 34.9 Å². The van der Waals surface area contributed by atoms with E-state index in [1.165, 1.54) is 10.1 Å². The Balaban J connectivity index is 2.07. The Morgan fingerprint density at radius 2 is 2.27 bits per heavy atom. The highest BCUT2D eigenvalue weighted by Crippen LogP contribution is 2.29. The van der Waals surface area contributed by atoms with Crippen LogP contribution in [-0.4, -0.2) is 10.8 Å². The molecule has 74 valence electrons. The maximum Gasteiger partial charge on any atom is 0.219 e. The number of ketones is 1. The van der Waals surface area contributed by atoms with Crippen molar-refractivity contribution in [2.45, 2.75) is 0 Å². The van der Waals surface area contributed by atoms with Crippen molar-refractivity contribution in [1.82, 2.24) is 4.98 Å². The summed E-state index contributed by atoms with van der Waals surface area (Å²) in [7, 11) is 0. The van der Waals surface area contributed by atoms with Crippen LogP contribution in [0, 0.1) is 0 Å². The minimum absolute atomic E-state index is 0.0752. The molecular weight excluding hydrogens is 226 g/mol. The summed E-state index contributed by atoms with van der Waals surface area (Å²) in [6, 6.07) is 5.59. The number of nitrogens with one attached hydrogen (secondary N) is 1. The van der Waals surface area contributed by atoms with Gasteiger partial charge >= 0.3 is 0 Å². The summed E-state index contributed by atoms with van der Waals surface area (Å²) in [5.74, 6) is 0.0752. The van der Waals surface area contributed by atoms with Crippen LogP contribution in [-0.2, 0) is 0 Å². The van der Waals surface area contributed by atoms with E-state index in [9.17, 15) is 4.79 Å². The molecule has 0 saturated carbocycles. The van der Waals surface area contributed by atoms with Crippen LogP contribution in [0.15, 0.2) is 35.2 Å². The predicted molar refractivity (Wildman–Crippen MR) is 63.9 cm³/mol. The molecule has 1 N–H and O–H groups in total. The summed E-state index contributed by atoms with van der Waals surface area (Å²) in [5.41, 5.74) is 0.655. The summed E-state index contributed by atoms with van der Waals surface area (Å²) < 4.78 is 1.19. The Labute approximate surface area is 94.2 Å². The van der Waals surface area contributed by atoms with Crippen LogP contribution in [0.25, 0.3) is 10.1 Å². The Bertz CT molecular complexity index is 575. The van der Waals surface area contributed by atoms with Gasteiger partial charge in [0.2, 0.25) is 5.78 Å². The molecule has 15 heavy (non-hydrogen) atoms. The largest absolute Gasteiger partial charge is 0.358 e. The average Bonchev–Trinajstić information content (AvgIpc) is 2.92. The van der Waals surface area contributed by atoms with Crippen molar-refractivity contribution >= 4 is 38.5 Å². The summed E-state index contributed by atoms with van der Waals surface area (Å²) in [4.78, 5) is 15.7. The van der Waals surface area contributed by atoms with Crippen LogP contribution >= 0.6 is 22.7 Å². The van der Waals surface area contributed by atoms with Gasteiger partial charge in [-0.15, -0.1) is 11.3 Å². The number of carbonyl (C=O) groups is 1. The Morgan fingerprint density at radius 1 is 1.33 bits per heavy atom. The number of hydrogen-bond donors (Lipinski definition) is 1. The molecule has 3 aromatic rings. The Hall–Kier alpha value is -1.39. The maximum absolute atomic E-state index is 12.0. The molecule has 0 aliphatic rings. The number of fused-ring (bicyclic) bond motifs is 1. The third-order valence-corrected chi connectivity index (χ3v) is 4.24. The normalized spacial score (nSPS) is 10.9. The van der Waals surface area contributed by atoms with Gasteiger partial charge in [0.05, 0.1) is 10.6 Å². The first-order valence-corrected chi connectivity index (χ1v) is 6.24. The topological polar surface area (TPSA) is 32.9 Å². The number of H-pyrrole nitrogens is 1. The summed E-state index contributed by atoms with van der Waals surface area (Å²) in [6.45, 7) is 0. The minimum Gasteiger partial charge on any atom is -0.358 e. The highest BCUT2D eigenvalue weighted by molar-refractivity contribution is 7.24. The molecule has 0 bridgehead atoms. The van der Waals surface area contributed by atoms with E-state index in [0.717, 1.165) is 4.88 Å². The molecule has 0 aliphatic carbocycles. The van der Waals surface area contributed by atoms with Gasteiger partial charge in [0, 0.05) is 21.7 Å². The number of aromatic amines is 1. The lowest BCUT2D eigenvalue weighted by molar-refractivity contribution is 0.103. The van der Waals surface area contributed by atoms with Gasteiger partial charge in [0.15, 0.2) is 0 Å². The zero-order chi connectivity index (χ0) is 10.3. The van der Waals surface area contributed by atoms with Crippen molar-refractivity contribution in [3.05, 3.63) is 45.7 Å². The fourth-order valence-electron chi connectivity index (χ4n) is 1.49. The van der Waals surface area contributed by atoms with Gasteiger partial charge in [-0.2, -0.15) is 11.3 Å². The molecule has 0 atom stereocenters. The minimum atomic E-state index is 0.0752. The molecule has 0 aromatic carbocycles. The monoisotopic (exact) mass is 233 g/mol. The lowest BCUT2D eigenvalue weighted by Crippen LogP contribution is -1.97. The molecule has 0 amide bonds. The first-order valence-electron chi connectivity index (χ1n) is 4.48. The van der Waals surface area contributed by atoms with Crippen molar-refractivity contribution in [3.8, 4) is 0 Å². The van der Waals surface area contributed by atoms with E-state index in [1.807, 2.05) is 12.1 Å². The SMILES string of the molecule is O=C(c1ccc[nH]1)c1cc2cscc2s1. The smallest absolute Gasteiger partial charge is 0.219 e.